The van der Waals surface area contributed by atoms with Gasteiger partial charge in [-0.25, -0.2) is 0 Å². The number of aromatic nitrogens is 2. The average molecular weight is 1010 g/mol. The zero-order valence-corrected chi connectivity index (χ0v) is 40.1. The Kier molecular flexibility index (Phi) is 17.0. The Labute approximate surface area is 373 Å². The number of ketones is 1. The van der Waals surface area contributed by atoms with Crippen molar-refractivity contribution in [3.8, 4) is 22.5 Å². The van der Waals surface area contributed by atoms with Gasteiger partial charge in [0.15, 0.2) is 5.78 Å². The molecule has 0 bridgehead atoms. The molecule has 0 aliphatic rings. The molecule has 4 nitrogen and oxygen atoms in total. The van der Waals surface area contributed by atoms with Crippen LogP contribution in [0.1, 0.15) is 77.0 Å². The number of allylic oxidation sites excluding steroid dienone is 2. The second-order valence-corrected chi connectivity index (χ2v) is 21.6. The summed E-state index contributed by atoms with van der Waals surface area (Å²) >= 11 is 0. The molecule has 9 heteroatoms. The number of rotatable bonds is 10. The number of aryl methyl sites for hydroxylation is 5. The van der Waals surface area contributed by atoms with Crippen LogP contribution in [0.2, 0.25) is 19.6 Å². The summed E-state index contributed by atoms with van der Waals surface area (Å²) < 4.78 is 52.8. The summed E-state index contributed by atoms with van der Waals surface area (Å²) in [5.41, 5.74) is 9.42. The summed E-state index contributed by atoms with van der Waals surface area (Å²) in [6, 6.07) is 31.7. The maximum Gasteiger partial charge on any atom is 0.389 e. The summed E-state index contributed by atoms with van der Waals surface area (Å²) in [5.74, 6) is -2.00. The molecule has 0 saturated heterocycles. The van der Waals surface area contributed by atoms with Gasteiger partial charge in [0, 0.05) is 50.4 Å². The van der Waals surface area contributed by atoms with Crippen LogP contribution in [0.5, 0.6) is 0 Å². The smallest absolute Gasteiger partial charge is 0.389 e. The Hall–Kier alpha value is -4.43. The van der Waals surface area contributed by atoms with Crippen LogP contribution in [0, 0.1) is 58.6 Å². The minimum Gasteiger partial charge on any atom is -0.512 e. The molecule has 0 spiro atoms. The van der Waals surface area contributed by atoms with Crippen LogP contribution < -0.4 is 5.19 Å². The predicted molar refractivity (Wildman–Crippen MR) is 243 cm³/mol. The molecule has 1 N–H and O–H groups in total. The first kappa shape index (κ1) is 46.6. The van der Waals surface area contributed by atoms with Crippen LogP contribution in [0.4, 0.5) is 13.2 Å². The van der Waals surface area contributed by atoms with Crippen LogP contribution in [0.3, 0.4) is 0 Å². The van der Waals surface area contributed by atoms with Gasteiger partial charge in [0.25, 0.3) is 0 Å². The molecule has 0 fully saturated rings. The van der Waals surface area contributed by atoms with E-state index in [0.29, 0.717) is 25.2 Å². The molecule has 1 unspecified atom stereocenters. The minimum atomic E-state index is -4.33. The van der Waals surface area contributed by atoms with Crippen molar-refractivity contribution < 1.29 is 45.9 Å². The molecule has 0 aliphatic carbocycles. The number of carbonyl (C=O) groups excluding carboxylic acids is 1. The van der Waals surface area contributed by atoms with Crippen molar-refractivity contribution in [2.24, 2.45) is 11.8 Å². The number of hydrogen-bond acceptors (Lipinski definition) is 4. The summed E-state index contributed by atoms with van der Waals surface area (Å²) in [7, 11) is -1.37. The number of halogens is 3. The van der Waals surface area contributed by atoms with E-state index in [0.717, 1.165) is 61.3 Å². The minimum absolute atomic E-state index is 0. The Morgan fingerprint density at radius 3 is 1.62 bits per heavy atom. The first-order valence-corrected chi connectivity index (χ1v) is 23.8. The first-order valence-electron chi connectivity index (χ1n) is 21.3. The molecule has 321 valence electrons. The maximum atomic E-state index is 12.3. The molecule has 0 amide bonds. The summed E-state index contributed by atoms with van der Waals surface area (Å²) in [4.78, 5) is 20.6. The van der Waals surface area contributed by atoms with Crippen molar-refractivity contribution in [2.75, 3.05) is 0 Å². The maximum absolute atomic E-state index is 12.3. The molecule has 4 aromatic carbocycles. The number of nitrogens with zero attached hydrogens (tertiary/aromatic N) is 2. The second-order valence-electron chi connectivity index (χ2n) is 16.5. The molecular weight excluding hydrogens is 950 g/mol. The quantitative estimate of drug-likeness (QED) is 0.0643. The molecular formula is C51H59F3IrN2O2Si-2. The molecule has 1 radical (unpaired) electrons. The Bertz CT molecular complexity index is 2490. The Balaban J connectivity index is 0.000000248. The van der Waals surface area contributed by atoms with Gasteiger partial charge in [-0.3, -0.25) is 4.79 Å². The van der Waals surface area contributed by atoms with E-state index in [4.69, 9.17) is 2.74 Å². The van der Waals surface area contributed by atoms with Crippen LogP contribution in [0.25, 0.3) is 44.1 Å². The van der Waals surface area contributed by atoms with Crippen LogP contribution >= 0.6 is 0 Å². The second kappa shape index (κ2) is 21.9. The van der Waals surface area contributed by atoms with Crippen LogP contribution in [-0.2, 0) is 24.9 Å². The van der Waals surface area contributed by atoms with Gasteiger partial charge < -0.3 is 15.1 Å². The molecule has 2 heterocycles. The van der Waals surface area contributed by atoms with Gasteiger partial charge in [0.2, 0.25) is 0 Å². The number of aliphatic hydroxyl groups is 1. The van der Waals surface area contributed by atoms with Gasteiger partial charge in [0.05, 0.1) is 23.0 Å². The number of benzene rings is 4. The van der Waals surface area contributed by atoms with Crippen molar-refractivity contribution in [3.63, 3.8) is 0 Å². The average Bonchev–Trinajstić information content (AvgIpc) is 3.15. The van der Waals surface area contributed by atoms with Gasteiger partial charge in [-0.15, -0.1) is 69.8 Å². The molecule has 0 saturated carbocycles. The van der Waals surface area contributed by atoms with Crippen LogP contribution in [-0.4, -0.2) is 35.1 Å². The Morgan fingerprint density at radius 1 is 0.717 bits per heavy atom. The third kappa shape index (κ3) is 14.1. The van der Waals surface area contributed by atoms with E-state index >= 15 is 0 Å². The summed E-state index contributed by atoms with van der Waals surface area (Å²) in [6.45, 7) is 22.6. The largest absolute Gasteiger partial charge is 0.512 e. The van der Waals surface area contributed by atoms with Crippen molar-refractivity contribution in [1.29, 1.82) is 0 Å². The van der Waals surface area contributed by atoms with Gasteiger partial charge in [0.1, 0.15) is 0 Å². The molecule has 0 aliphatic heterocycles. The monoisotopic (exact) mass is 1010 g/mol. The fourth-order valence-corrected chi connectivity index (χ4v) is 8.27. The van der Waals surface area contributed by atoms with Gasteiger partial charge >= 0.3 is 6.18 Å². The fourth-order valence-electron chi connectivity index (χ4n) is 7.10. The normalized spacial score (nSPS) is 12.8. The topological polar surface area (TPSA) is 63.1 Å². The predicted octanol–water partition coefficient (Wildman–Crippen LogP) is 13.9. The molecule has 1 atom stereocenters. The standard InChI is InChI=1S/C20H22NSi.C18H16N.C13H21F3O2.Ir/c1-14-10-15(2)12-17(11-14)20-19-7-6-18(22(3,4)5)13-16(19)8-9-21-20;1-12-4-5-17-15(9-12)6-7-19-18(17)16-10-13(2)8-14(3)11-16;1-4-9(5-2)11(17)7-12(18)10(6-3)8-13(14,15)16;/h6-11,13H,1-5H3;4-10H,1-3H3;7,9-10,18H,4-6,8H2,1-3H3;/q2*-1;;/b;;12-7-;/i9D;7D;;. The van der Waals surface area contributed by atoms with E-state index < -0.39 is 32.3 Å². The Morgan fingerprint density at radius 2 is 1.18 bits per heavy atom. The number of pyridine rings is 2. The van der Waals surface area contributed by atoms with Crippen molar-refractivity contribution in [2.45, 2.75) is 107 Å². The number of fused-ring (bicyclic) bond motifs is 2. The summed E-state index contributed by atoms with van der Waals surface area (Å²) in [6.07, 6.45) is -2.46. The molecule has 6 rings (SSSR count). The van der Waals surface area contributed by atoms with E-state index in [1.165, 1.54) is 21.9 Å². The zero-order chi connectivity index (χ0) is 45.4. The third-order valence-corrected chi connectivity index (χ3v) is 12.3. The van der Waals surface area contributed by atoms with Crippen LogP contribution in [0.15, 0.2) is 97.0 Å². The van der Waals surface area contributed by atoms with E-state index in [2.05, 4.69) is 123 Å². The first-order chi connectivity index (χ1) is 28.5. The van der Waals surface area contributed by atoms with E-state index in [-0.39, 0.29) is 38.2 Å². The third-order valence-electron chi connectivity index (χ3n) is 10.3. The van der Waals surface area contributed by atoms with E-state index in [1.807, 2.05) is 39.8 Å². The number of carbonyl (C=O) groups is 1. The number of alkyl halides is 3. The van der Waals surface area contributed by atoms with Gasteiger partial charge in [-0.2, -0.15) is 13.2 Å². The molecule has 60 heavy (non-hydrogen) atoms. The fraction of sp³-hybridized carbons (Fsp3) is 0.353. The van der Waals surface area contributed by atoms with E-state index in [1.54, 1.807) is 6.92 Å². The summed E-state index contributed by atoms with van der Waals surface area (Å²) in [5, 5.41) is 15.4. The SMILES string of the molecule is CCC(CC)C(=O)/C=C(\O)C(CC)CC(F)(F)F.[2H]c1cc2cc(C)ccc2c(-c2[c-]c(C)cc(C)c2)n1.[2H]c1cc2cc([Si](C)(C)C)ccc2c(-c2[c-]c(C)cc(C)c2)n1.[Ir]. The molecule has 6 aromatic rings. The number of aliphatic hydroxyl groups excluding tert-OH is 1. The molecule has 2 aromatic heterocycles. The number of hydrogen-bond donors (Lipinski definition) is 1. The zero-order valence-electron chi connectivity index (χ0n) is 38.7. The van der Waals surface area contributed by atoms with E-state index in [9.17, 15) is 23.1 Å². The van der Waals surface area contributed by atoms with Gasteiger partial charge in [-0.1, -0.05) is 115 Å². The van der Waals surface area contributed by atoms with Crippen molar-refractivity contribution in [1.82, 2.24) is 9.97 Å². The van der Waals surface area contributed by atoms with Crippen molar-refractivity contribution >= 4 is 40.6 Å². The van der Waals surface area contributed by atoms with Crippen molar-refractivity contribution in [3.05, 3.63) is 137 Å². The van der Waals surface area contributed by atoms with Gasteiger partial charge in [-0.05, 0) is 71.3 Å².